The molecule has 0 bridgehead atoms. The lowest BCUT2D eigenvalue weighted by Crippen LogP contribution is -2.51. The van der Waals surface area contributed by atoms with Gasteiger partial charge >= 0.3 is 0 Å². The van der Waals surface area contributed by atoms with E-state index < -0.39 is 0 Å². The molecule has 7 heteroatoms. The van der Waals surface area contributed by atoms with Crippen molar-refractivity contribution < 1.29 is 13.9 Å². The first-order chi connectivity index (χ1) is 17.3. The van der Waals surface area contributed by atoms with Gasteiger partial charge in [-0.1, -0.05) is 44.2 Å². The zero-order chi connectivity index (χ0) is 25.4. The first kappa shape index (κ1) is 24.1. The maximum atomic E-state index is 13.4. The molecular formula is C29H32N4O3. The van der Waals surface area contributed by atoms with Gasteiger partial charge in [0.2, 0.25) is 0 Å². The van der Waals surface area contributed by atoms with Crippen LogP contribution in [0, 0.1) is 11.3 Å². The molecule has 2 aromatic heterocycles. The Kier molecular flexibility index (Phi) is 6.31. The second kappa shape index (κ2) is 9.44. The summed E-state index contributed by atoms with van der Waals surface area (Å²) in [5, 5.41) is 10.3. The number of piperazine rings is 1. The summed E-state index contributed by atoms with van der Waals surface area (Å²) in [6.45, 7) is 10.5. The highest BCUT2D eigenvalue weighted by Gasteiger charge is 2.37. The number of rotatable bonds is 4. The average Bonchev–Trinajstić information content (AvgIpc) is 3.42. The minimum atomic E-state index is -0.340. The molecular weight excluding hydrogens is 452 g/mol. The summed E-state index contributed by atoms with van der Waals surface area (Å²) in [5.41, 5.74) is 4.98. The molecule has 0 unspecified atom stereocenters. The van der Waals surface area contributed by atoms with Gasteiger partial charge in [0, 0.05) is 31.6 Å². The molecule has 0 aliphatic carbocycles. The van der Waals surface area contributed by atoms with Crippen molar-refractivity contribution in [1.82, 2.24) is 9.88 Å². The molecule has 0 saturated carbocycles. The molecule has 4 heterocycles. The summed E-state index contributed by atoms with van der Waals surface area (Å²) in [5.74, 6) is 0.857. The van der Waals surface area contributed by atoms with Gasteiger partial charge in [-0.2, -0.15) is 5.26 Å². The van der Waals surface area contributed by atoms with E-state index in [1.165, 1.54) is 12.5 Å². The number of nitrogens with zero attached hydrogens (tertiary/aromatic N) is 4. The van der Waals surface area contributed by atoms with Gasteiger partial charge in [-0.15, -0.1) is 0 Å². The van der Waals surface area contributed by atoms with Crippen LogP contribution in [-0.4, -0.2) is 41.0 Å². The van der Waals surface area contributed by atoms with Crippen LogP contribution < -0.4 is 4.90 Å². The predicted molar refractivity (Wildman–Crippen MR) is 137 cm³/mol. The van der Waals surface area contributed by atoms with Crippen LogP contribution in [-0.2, 0) is 17.8 Å². The molecule has 36 heavy (non-hydrogen) atoms. The van der Waals surface area contributed by atoms with E-state index in [4.69, 9.17) is 14.1 Å². The second-order valence-corrected chi connectivity index (χ2v) is 10.5. The highest BCUT2D eigenvalue weighted by atomic mass is 16.5. The van der Waals surface area contributed by atoms with Crippen molar-refractivity contribution >= 4 is 11.7 Å². The summed E-state index contributed by atoms with van der Waals surface area (Å²) in [6, 6.07) is 14.1. The molecule has 0 N–H and O–H groups in total. The van der Waals surface area contributed by atoms with E-state index in [1.54, 1.807) is 6.07 Å². The number of hydrogen-bond acceptors (Lipinski definition) is 6. The zero-order valence-corrected chi connectivity index (χ0v) is 21.3. The van der Waals surface area contributed by atoms with Crippen molar-refractivity contribution in [1.29, 1.82) is 5.26 Å². The van der Waals surface area contributed by atoms with Gasteiger partial charge in [0.25, 0.3) is 5.91 Å². The Morgan fingerprint density at radius 1 is 1.17 bits per heavy atom. The van der Waals surface area contributed by atoms with Gasteiger partial charge < -0.3 is 19.0 Å². The molecule has 2 aliphatic heterocycles. The van der Waals surface area contributed by atoms with E-state index in [1.807, 2.05) is 23.1 Å². The van der Waals surface area contributed by atoms with Gasteiger partial charge in [-0.25, -0.2) is 4.98 Å². The average molecular weight is 485 g/mol. The molecule has 1 amide bonds. The van der Waals surface area contributed by atoms with E-state index in [-0.39, 0.29) is 23.5 Å². The number of furan rings is 1. The van der Waals surface area contributed by atoms with Crippen LogP contribution in [0.15, 0.2) is 53.3 Å². The molecule has 5 rings (SSSR count). The second-order valence-electron chi connectivity index (χ2n) is 10.5. The highest BCUT2D eigenvalue weighted by molar-refractivity contribution is 5.94. The minimum absolute atomic E-state index is 0.0575. The van der Waals surface area contributed by atoms with Gasteiger partial charge in [-0.05, 0) is 37.0 Å². The zero-order valence-electron chi connectivity index (χ0n) is 21.3. The van der Waals surface area contributed by atoms with Crippen LogP contribution in [0.25, 0.3) is 0 Å². The fraction of sp³-hybridized carbons (Fsp3) is 0.414. The number of amides is 1. The lowest BCUT2D eigenvalue weighted by Gasteiger charge is -2.43. The van der Waals surface area contributed by atoms with E-state index in [0.717, 1.165) is 22.4 Å². The first-order valence-electron chi connectivity index (χ1n) is 12.5. The molecule has 0 radical (unpaired) electrons. The molecule has 3 aromatic rings. The fourth-order valence-corrected chi connectivity index (χ4v) is 5.33. The molecule has 7 nitrogen and oxygen atoms in total. The Bertz CT molecular complexity index is 1290. The van der Waals surface area contributed by atoms with E-state index in [9.17, 15) is 10.1 Å². The maximum Gasteiger partial charge on any atom is 0.257 e. The van der Waals surface area contributed by atoms with Gasteiger partial charge in [0.05, 0.1) is 41.3 Å². The van der Waals surface area contributed by atoms with Crippen molar-refractivity contribution in [3.05, 3.63) is 82.4 Å². The maximum absolute atomic E-state index is 13.4. The number of fused-ring (bicyclic) bond motifs is 1. The van der Waals surface area contributed by atoms with Gasteiger partial charge in [0.1, 0.15) is 18.2 Å². The van der Waals surface area contributed by atoms with Crippen molar-refractivity contribution in [3.8, 4) is 6.07 Å². The van der Waals surface area contributed by atoms with Gasteiger partial charge in [-0.3, -0.25) is 4.79 Å². The molecule has 1 fully saturated rings. The Hall–Kier alpha value is -3.63. The molecule has 0 spiro atoms. The van der Waals surface area contributed by atoms with Gasteiger partial charge in [0.15, 0.2) is 0 Å². The minimum Gasteiger partial charge on any atom is -0.472 e. The third-order valence-electron chi connectivity index (χ3n) is 7.19. The van der Waals surface area contributed by atoms with Crippen LogP contribution in [0.5, 0.6) is 0 Å². The Morgan fingerprint density at radius 2 is 1.94 bits per heavy atom. The lowest BCUT2D eigenvalue weighted by molar-refractivity contribution is -0.0408. The third kappa shape index (κ3) is 4.38. The fourth-order valence-electron chi connectivity index (χ4n) is 5.33. The van der Waals surface area contributed by atoms with Crippen LogP contribution in [0.1, 0.15) is 78.0 Å². The smallest absolute Gasteiger partial charge is 0.257 e. The monoisotopic (exact) mass is 484 g/mol. The summed E-state index contributed by atoms with van der Waals surface area (Å²) in [4.78, 5) is 22.6. The van der Waals surface area contributed by atoms with Crippen LogP contribution in [0.4, 0.5) is 5.82 Å². The largest absolute Gasteiger partial charge is 0.472 e. The number of ether oxygens (including phenoxy) is 1. The SMILES string of the molecule is CC(C)c1nc(N2CCN(C(=O)c3ccoc3)[C@@H](c3ccccc3)C2)c(C#N)c2c1COC(C)(C)C2. The number of anilines is 1. The molecule has 2 aliphatic rings. The number of nitriles is 1. The molecule has 1 saturated heterocycles. The number of hydrogen-bond donors (Lipinski definition) is 0. The summed E-state index contributed by atoms with van der Waals surface area (Å²) >= 11 is 0. The molecule has 186 valence electrons. The molecule has 1 aromatic carbocycles. The van der Waals surface area contributed by atoms with Crippen LogP contribution in [0.2, 0.25) is 0 Å². The summed E-state index contributed by atoms with van der Waals surface area (Å²) < 4.78 is 11.3. The quantitative estimate of drug-likeness (QED) is 0.505. The predicted octanol–water partition coefficient (Wildman–Crippen LogP) is 5.22. The Balaban J connectivity index is 1.57. The number of aromatic nitrogens is 1. The van der Waals surface area contributed by atoms with E-state index in [2.05, 4.69) is 50.8 Å². The van der Waals surface area contributed by atoms with Crippen molar-refractivity contribution in [3.63, 3.8) is 0 Å². The number of carbonyl (C=O) groups excluding carboxylic acids is 1. The van der Waals surface area contributed by atoms with Crippen LogP contribution in [0.3, 0.4) is 0 Å². The number of carbonyl (C=O) groups is 1. The standard InChI is InChI=1S/C29H32N4O3/c1-19(2)26-24-18-36-29(3,4)14-22(24)23(15-30)27(31-26)32-11-12-33(28(34)21-10-13-35-17-21)25(16-32)20-8-6-5-7-9-20/h5-10,13,17,19,25H,11-12,14,16,18H2,1-4H3/t25-/m1/s1. The van der Waals surface area contributed by atoms with Crippen LogP contribution >= 0.6 is 0 Å². The topological polar surface area (TPSA) is 82.6 Å². The number of benzene rings is 1. The normalized spacial score (nSPS) is 19.2. The van der Waals surface area contributed by atoms with Crippen molar-refractivity contribution in [2.75, 3.05) is 24.5 Å². The lowest BCUT2D eigenvalue weighted by atomic mass is 9.86. The van der Waals surface area contributed by atoms with Crippen molar-refractivity contribution in [2.24, 2.45) is 0 Å². The van der Waals surface area contributed by atoms with Crippen molar-refractivity contribution in [2.45, 2.75) is 58.3 Å². The highest BCUT2D eigenvalue weighted by Crippen LogP contribution is 2.39. The van der Waals surface area contributed by atoms with E-state index >= 15 is 0 Å². The van der Waals surface area contributed by atoms with E-state index in [0.29, 0.717) is 49.6 Å². The summed E-state index contributed by atoms with van der Waals surface area (Å²) in [6.07, 6.45) is 3.69. The Morgan fingerprint density at radius 3 is 2.61 bits per heavy atom. The first-order valence-corrected chi connectivity index (χ1v) is 12.5. The number of pyridine rings is 1. The summed E-state index contributed by atoms with van der Waals surface area (Å²) in [7, 11) is 0. The third-order valence-corrected chi connectivity index (χ3v) is 7.19. The Labute approximate surface area is 212 Å². The molecule has 1 atom stereocenters.